The first-order valence-electron chi connectivity index (χ1n) is 9.66. The molecular formula is C19H26N4O2S. The molecule has 0 saturated heterocycles. The molecule has 0 spiro atoms. The van der Waals surface area contributed by atoms with Gasteiger partial charge < -0.3 is 11.1 Å². The summed E-state index contributed by atoms with van der Waals surface area (Å²) in [5.74, 6) is 0.381. The van der Waals surface area contributed by atoms with Gasteiger partial charge >= 0.3 is 0 Å². The molecule has 0 aliphatic heterocycles. The fourth-order valence-corrected chi connectivity index (χ4v) is 5.57. The van der Waals surface area contributed by atoms with Gasteiger partial charge in [0, 0.05) is 23.9 Å². The van der Waals surface area contributed by atoms with E-state index >= 15 is 0 Å². The first kappa shape index (κ1) is 17.7. The lowest BCUT2D eigenvalue weighted by Crippen LogP contribution is -2.40. The molecule has 2 atom stereocenters. The van der Waals surface area contributed by atoms with E-state index in [2.05, 4.69) is 10.3 Å². The Hall–Kier alpha value is -1.73. The second kappa shape index (κ2) is 7.48. The SMILES string of the molecule is NCC1CCCC1NC(=O)CCn1cnc2sc3c(c2c1=O)CCCC3. The summed E-state index contributed by atoms with van der Waals surface area (Å²) in [6.45, 7) is 0.993. The zero-order chi connectivity index (χ0) is 18.1. The number of amides is 1. The maximum atomic E-state index is 12.9. The van der Waals surface area contributed by atoms with Crippen molar-refractivity contribution in [3.05, 3.63) is 27.1 Å². The Balaban J connectivity index is 1.46. The van der Waals surface area contributed by atoms with Crippen LogP contribution in [0.25, 0.3) is 10.2 Å². The molecule has 2 aliphatic rings. The van der Waals surface area contributed by atoms with E-state index < -0.39 is 0 Å². The van der Waals surface area contributed by atoms with Gasteiger partial charge in [-0.25, -0.2) is 4.98 Å². The molecule has 140 valence electrons. The van der Waals surface area contributed by atoms with Crippen molar-refractivity contribution in [2.24, 2.45) is 11.7 Å². The maximum Gasteiger partial charge on any atom is 0.262 e. The van der Waals surface area contributed by atoms with E-state index in [1.807, 2.05) is 0 Å². The molecule has 6 nitrogen and oxygen atoms in total. The van der Waals surface area contributed by atoms with Crippen LogP contribution in [0.3, 0.4) is 0 Å². The first-order chi connectivity index (χ1) is 12.7. The van der Waals surface area contributed by atoms with Crippen molar-refractivity contribution in [1.29, 1.82) is 0 Å². The molecule has 2 unspecified atom stereocenters. The van der Waals surface area contributed by atoms with Crippen LogP contribution in [0.2, 0.25) is 0 Å². The Kier molecular flexibility index (Phi) is 5.09. The summed E-state index contributed by atoms with van der Waals surface area (Å²) in [6, 6.07) is 0.189. The van der Waals surface area contributed by atoms with Gasteiger partial charge in [-0.05, 0) is 56.6 Å². The van der Waals surface area contributed by atoms with E-state index in [1.54, 1.807) is 22.2 Å². The summed E-state index contributed by atoms with van der Waals surface area (Å²) in [6.07, 6.45) is 9.47. The summed E-state index contributed by atoms with van der Waals surface area (Å²) >= 11 is 1.66. The van der Waals surface area contributed by atoms with Gasteiger partial charge in [0.05, 0.1) is 11.7 Å². The highest BCUT2D eigenvalue weighted by Gasteiger charge is 2.27. The lowest BCUT2D eigenvalue weighted by Gasteiger charge is -2.19. The normalized spacial score (nSPS) is 22.5. The molecule has 26 heavy (non-hydrogen) atoms. The number of fused-ring (bicyclic) bond motifs is 3. The van der Waals surface area contributed by atoms with E-state index in [1.165, 1.54) is 16.9 Å². The third-order valence-electron chi connectivity index (χ3n) is 5.83. The fraction of sp³-hybridized carbons (Fsp3) is 0.632. The van der Waals surface area contributed by atoms with Gasteiger partial charge in [0.15, 0.2) is 0 Å². The molecule has 0 aromatic carbocycles. The van der Waals surface area contributed by atoms with Crippen LogP contribution in [0, 0.1) is 5.92 Å². The van der Waals surface area contributed by atoms with E-state index in [9.17, 15) is 9.59 Å². The molecule has 7 heteroatoms. The highest BCUT2D eigenvalue weighted by molar-refractivity contribution is 7.18. The van der Waals surface area contributed by atoms with Crippen LogP contribution in [0.4, 0.5) is 0 Å². The summed E-state index contributed by atoms with van der Waals surface area (Å²) < 4.78 is 1.60. The highest BCUT2D eigenvalue weighted by Crippen LogP contribution is 2.33. The number of hydrogen-bond donors (Lipinski definition) is 2. The molecular weight excluding hydrogens is 348 g/mol. The van der Waals surface area contributed by atoms with Crippen LogP contribution in [0.5, 0.6) is 0 Å². The number of carbonyl (C=O) groups is 1. The number of nitrogens with two attached hydrogens (primary N) is 1. The molecule has 2 aromatic rings. The van der Waals surface area contributed by atoms with Gasteiger partial charge in [-0.3, -0.25) is 14.2 Å². The Morgan fingerprint density at radius 3 is 3.00 bits per heavy atom. The minimum atomic E-state index is -0.00491. The number of nitrogens with zero attached hydrogens (tertiary/aromatic N) is 2. The summed E-state index contributed by atoms with van der Waals surface area (Å²) in [5, 5.41) is 3.88. The van der Waals surface area contributed by atoms with Crippen molar-refractivity contribution >= 4 is 27.5 Å². The average molecular weight is 375 g/mol. The monoisotopic (exact) mass is 374 g/mol. The van der Waals surface area contributed by atoms with Crippen LogP contribution in [-0.4, -0.2) is 28.0 Å². The van der Waals surface area contributed by atoms with E-state index in [0.717, 1.165) is 48.7 Å². The largest absolute Gasteiger partial charge is 0.353 e. The minimum absolute atomic E-state index is 0.00269. The Labute approximate surface area is 156 Å². The van der Waals surface area contributed by atoms with Crippen LogP contribution in [0.1, 0.15) is 49.0 Å². The van der Waals surface area contributed by atoms with Crippen LogP contribution in [-0.2, 0) is 24.2 Å². The van der Waals surface area contributed by atoms with Gasteiger partial charge in [0.2, 0.25) is 5.91 Å². The van der Waals surface area contributed by atoms with Gasteiger partial charge in [-0.2, -0.15) is 0 Å². The van der Waals surface area contributed by atoms with Gasteiger partial charge in [-0.15, -0.1) is 11.3 Å². The van der Waals surface area contributed by atoms with Crippen LogP contribution < -0.4 is 16.6 Å². The highest BCUT2D eigenvalue weighted by atomic mass is 32.1. The van der Waals surface area contributed by atoms with Crippen molar-refractivity contribution in [2.75, 3.05) is 6.54 Å². The van der Waals surface area contributed by atoms with Crippen molar-refractivity contribution in [3.8, 4) is 0 Å². The third-order valence-corrected chi connectivity index (χ3v) is 7.03. The molecule has 2 aromatic heterocycles. The standard InChI is InChI=1S/C19H26N4O2S/c20-10-12-4-3-6-14(12)22-16(24)8-9-23-11-21-18-17(19(23)25)13-5-1-2-7-15(13)26-18/h11-12,14H,1-10,20H2,(H,22,24). The number of nitrogens with one attached hydrogen (secondary N) is 1. The predicted molar refractivity (Wildman–Crippen MR) is 103 cm³/mol. The number of thiophene rings is 1. The predicted octanol–water partition coefficient (Wildman–Crippen LogP) is 1.97. The Bertz CT molecular complexity index is 872. The minimum Gasteiger partial charge on any atom is -0.353 e. The molecule has 2 aliphatic carbocycles. The average Bonchev–Trinajstić information content (AvgIpc) is 3.25. The fourth-order valence-electron chi connectivity index (χ4n) is 4.35. The quantitative estimate of drug-likeness (QED) is 0.837. The van der Waals surface area contributed by atoms with E-state index in [-0.39, 0.29) is 17.5 Å². The zero-order valence-corrected chi connectivity index (χ0v) is 15.8. The van der Waals surface area contributed by atoms with Crippen LogP contribution >= 0.6 is 11.3 Å². The smallest absolute Gasteiger partial charge is 0.262 e. The van der Waals surface area contributed by atoms with Gasteiger partial charge in [0.1, 0.15) is 4.83 Å². The molecule has 1 fully saturated rings. The zero-order valence-electron chi connectivity index (χ0n) is 15.0. The van der Waals surface area contributed by atoms with Gasteiger partial charge in [-0.1, -0.05) is 6.42 Å². The summed E-state index contributed by atoms with van der Waals surface area (Å²) in [7, 11) is 0. The first-order valence-corrected chi connectivity index (χ1v) is 10.5. The number of aromatic nitrogens is 2. The van der Waals surface area contributed by atoms with E-state index in [4.69, 9.17) is 5.73 Å². The van der Waals surface area contributed by atoms with Crippen molar-refractivity contribution in [3.63, 3.8) is 0 Å². The molecule has 0 bridgehead atoms. The third kappa shape index (κ3) is 3.30. The summed E-state index contributed by atoms with van der Waals surface area (Å²) in [4.78, 5) is 31.9. The number of aryl methyl sites for hydroxylation is 3. The number of rotatable bonds is 5. The molecule has 3 N–H and O–H groups in total. The molecule has 1 amide bonds. The molecule has 1 saturated carbocycles. The van der Waals surface area contributed by atoms with Crippen molar-refractivity contribution in [1.82, 2.24) is 14.9 Å². The van der Waals surface area contributed by atoms with Gasteiger partial charge in [0.25, 0.3) is 5.56 Å². The Morgan fingerprint density at radius 1 is 1.31 bits per heavy atom. The molecule has 2 heterocycles. The lowest BCUT2D eigenvalue weighted by molar-refractivity contribution is -0.122. The maximum absolute atomic E-state index is 12.9. The number of carbonyl (C=O) groups excluding carboxylic acids is 1. The van der Waals surface area contributed by atoms with Crippen molar-refractivity contribution < 1.29 is 4.79 Å². The van der Waals surface area contributed by atoms with E-state index in [0.29, 0.717) is 25.4 Å². The lowest BCUT2D eigenvalue weighted by atomic mass is 9.97. The second-order valence-corrected chi connectivity index (χ2v) is 8.57. The van der Waals surface area contributed by atoms with Crippen molar-refractivity contribution in [2.45, 2.75) is 64.0 Å². The molecule has 0 radical (unpaired) electrons. The molecule has 4 rings (SSSR count). The van der Waals surface area contributed by atoms with Crippen LogP contribution in [0.15, 0.2) is 11.1 Å². The Morgan fingerprint density at radius 2 is 2.15 bits per heavy atom. The second-order valence-electron chi connectivity index (χ2n) is 7.48. The number of hydrogen-bond acceptors (Lipinski definition) is 5. The summed E-state index contributed by atoms with van der Waals surface area (Å²) in [5.41, 5.74) is 6.98. The topological polar surface area (TPSA) is 90.0 Å².